The van der Waals surface area contributed by atoms with Gasteiger partial charge in [-0.05, 0) is 48.5 Å². The number of fused-ring (bicyclic) bond motifs is 2. The molecule has 1 aliphatic rings. The van der Waals surface area contributed by atoms with Gasteiger partial charge in [-0.15, -0.1) is 0 Å². The summed E-state index contributed by atoms with van der Waals surface area (Å²) < 4.78 is 51.8. The minimum Gasteiger partial charge on any atom is -0.322 e. The van der Waals surface area contributed by atoms with E-state index >= 15 is 0 Å². The van der Waals surface area contributed by atoms with Crippen LogP contribution in [0.3, 0.4) is 0 Å². The van der Waals surface area contributed by atoms with E-state index in [2.05, 4.69) is 5.32 Å². The number of benzene rings is 3. The average Bonchev–Trinajstić information content (AvgIpc) is 2.77. The molecule has 4 rings (SSSR count). The number of ketones is 1. The second kappa shape index (κ2) is 7.66. The highest BCUT2D eigenvalue weighted by atomic mass is 32.2. The molecule has 164 valence electrons. The van der Waals surface area contributed by atoms with E-state index in [1.54, 1.807) is 6.07 Å². The molecular weight excluding hydrogens is 452 g/mol. The molecule has 0 fully saturated rings. The van der Waals surface area contributed by atoms with E-state index < -0.39 is 31.6 Å². The van der Waals surface area contributed by atoms with Gasteiger partial charge < -0.3 is 5.32 Å². The maximum Gasteiger partial charge on any atom is 0.255 e. The van der Waals surface area contributed by atoms with Crippen molar-refractivity contribution in [2.45, 2.75) is 14.7 Å². The van der Waals surface area contributed by atoms with E-state index in [9.17, 15) is 26.4 Å². The van der Waals surface area contributed by atoms with E-state index in [-0.39, 0.29) is 37.1 Å². The molecule has 0 spiro atoms. The van der Waals surface area contributed by atoms with Crippen LogP contribution in [-0.2, 0) is 19.9 Å². The molecular formula is C22H18N2O6S2. The fraction of sp³-hybridized carbons (Fsp3) is 0.0909. The van der Waals surface area contributed by atoms with Gasteiger partial charge in [-0.1, -0.05) is 18.2 Å². The molecule has 0 unspecified atom stereocenters. The molecule has 10 heteroatoms. The summed E-state index contributed by atoms with van der Waals surface area (Å²) in [6.07, 6.45) is 0. The maximum atomic E-state index is 13.0. The Bertz CT molecular complexity index is 1490. The number of rotatable bonds is 4. The number of hydrogen-bond donors (Lipinski definition) is 1. The van der Waals surface area contributed by atoms with Crippen LogP contribution in [0.25, 0.3) is 0 Å². The Morgan fingerprint density at radius 1 is 0.875 bits per heavy atom. The van der Waals surface area contributed by atoms with Crippen LogP contribution in [0.1, 0.15) is 26.3 Å². The molecule has 0 radical (unpaired) electrons. The van der Waals surface area contributed by atoms with Crippen molar-refractivity contribution in [1.29, 1.82) is 0 Å². The summed E-state index contributed by atoms with van der Waals surface area (Å²) in [5, 5.41) is 2.57. The third kappa shape index (κ3) is 3.52. The second-order valence-corrected chi connectivity index (χ2v) is 11.3. The Morgan fingerprint density at radius 3 is 2.28 bits per heavy atom. The molecule has 8 nitrogen and oxygen atoms in total. The SMILES string of the molecule is CN(C)S(=O)(=O)c1cccc(NC(=O)c2ccc3c(c2)S(=O)(=O)c2ccccc2C3=O)c1. The second-order valence-electron chi connectivity index (χ2n) is 7.31. The number of sulfone groups is 1. The van der Waals surface area contributed by atoms with Crippen molar-refractivity contribution in [1.82, 2.24) is 4.31 Å². The molecule has 0 aromatic heterocycles. The molecule has 0 saturated carbocycles. The monoisotopic (exact) mass is 470 g/mol. The van der Waals surface area contributed by atoms with Crippen molar-refractivity contribution in [2.75, 3.05) is 19.4 Å². The van der Waals surface area contributed by atoms with Crippen LogP contribution in [0, 0.1) is 0 Å². The molecule has 1 aliphatic heterocycles. The Kier molecular flexibility index (Phi) is 5.24. The lowest BCUT2D eigenvalue weighted by atomic mass is 10.0. The third-order valence-electron chi connectivity index (χ3n) is 5.07. The van der Waals surface area contributed by atoms with E-state index in [4.69, 9.17) is 0 Å². The van der Waals surface area contributed by atoms with Crippen LogP contribution in [0.4, 0.5) is 5.69 Å². The lowest BCUT2D eigenvalue weighted by molar-refractivity contribution is 0.101. The van der Waals surface area contributed by atoms with E-state index in [0.717, 1.165) is 10.4 Å². The summed E-state index contributed by atoms with van der Waals surface area (Å²) in [5.41, 5.74) is 0.329. The van der Waals surface area contributed by atoms with Crippen LogP contribution in [0.15, 0.2) is 81.4 Å². The fourth-order valence-electron chi connectivity index (χ4n) is 3.37. The summed E-state index contributed by atoms with van der Waals surface area (Å²) in [6, 6.07) is 15.5. The van der Waals surface area contributed by atoms with Gasteiger partial charge in [0.15, 0.2) is 5.78 Å². The molecule has 32 heavy (non-hydrogen) atoms. The molecule has 3 aromatic rings. The first-order valence-corrected chi connectivity index (χ1v) is 12.3. The summed E-state index contributed by atoms with van der Waals surface area (Å²) >= 11 is 0. The highest BCUT2D eigenvalue weighted by Gasteiger charge is 2.35. The molecule has 0 saturated heterocycles. The van der Waals surface area contributed by atoms with Gasteiger partial charge in [-0.2, -0.15) is 0 Å². The highest BCUT2D eigenvalue weighted by molar-refractivity contribution is 7.91. The van der Waals surface area contributed by atoms with E-state index in [1.165, 1.54) is 68.7 Å². The molecule has 1 amide bonds. The molecule has 0 bridgehead atoms. The van der Waals surface area contributed by atoms with Gasteiger partial charge in [0.2, 0.25) is 19.9 Å². The number of nitrogens with zero attached hydrogens (tertiary/aromatic N) is 1. The zero-order valence-corrected chi connectivity index (χ0v) is 18.7. The highest BCUT2D eigenvalue weighted by Crippen LogP contribution is 2.34. The van der Waals surface area contributed by atoms with Gasteiger partial charge in [0.1, 0.15) is 0 Å². The van der Waals surface area contributed by atoms with Gasteiger partial charge in [0, 0.05) is 36.5 Å². The van der Waals surface area contributed by atoms with E-state index in [0.29, 0.717) is 0 Å². The minimum absolute atomic E-state index is 0.000626. The van der Waals surface area contributed by atoms with Crippen LogP contribution < -0.4 is 5.32 Å². The van der Waals surface area contributed by atoms with Gasteiger partial charge >= 0.3 is 0 Å². The zero-order chi connectivity index (χ0) is 23.3. The molecule has 1 heterocycles. The number of amides is 1. The lowest BCUT2D eigenvalue weighted by Crippen LogP contribution is -2.23. The van der Waals surface area contributed by atoms with Crippen molar-refractivity contribution in [3.8, 4) is 0 Å². The van der Waals surface area contributed by atoms with Gasteiger partial charge in [-0.3, -0.25) is 9.59 Å². The number of anilines is 1. The average molecular weight is 471 g/mol. The largest absolute Gasteiger partial charge is 0.322 e. The zero-order valence-electron chi connectivity index (χ0n) is 17.1. The molecule has 3 aromatic carbocycles. The van der Waals surface area contributed by atoms with Crippen molar-refractivity contribution >= 4 is 37.2 Å². The van der Waals surface area contributed by atoms with Crippen LogP contribution >= 0.6 is 0 Å². The summed E-state index contributed by atoms with van der Waals surface area (Å²) in [6.45, 7) is 0. The lowest BCUT2D eigenvalue weighted by Gasteiger charge is -2.19. The molecule has 0 aliphatic carbocycles. The maximum absolute atomic E-state index is 13.0. The standard InChI is InChI=1S/C22H18N2O6S2/c1-24(2)32(29,30)16-7-5-6-15(13-16)23-22(26)14-10-11-18-20(12-14)31(27,28)19-9-4-3-8-17(19)21(18)25/h3-13H,1-2H3,(H,23,26). The van der Waals surface area contributed by atoms with Gasteiger partial charge in [0.25, 0.3) is 5.91 Å². The number of carbonyl (C=O) groups excluding carboxylic acids is 2. The number of hydrogen-bond acceptors (Lipinski definition) is 6. The van der Waals surface area contributed by atoms with Crippen molar-refractivity contribution in [3.05, 3.63) is 83.4 Å². The van der Waals surface area contributed by atoms with Crippen molar-refractivity contribution < 1.29 is 26.4 Å². The van der Waals surface area contributed by atoms with Crippen LogP contribution in [-0.4, -0.2) is 46.9 Å². The first-order chi connectivity index (χ1) is 15.0. The van der Waals surface area contributed by atoms with Crippen LogP contribution in [0.2, 0.25) is 0 Å². The Morgan fingerprint density at radius 2 is 1.56 bits per heavy atom. The summed E-state index contributed by atoms with van der Waals surface area (Å²) in [5.74, 6) is -1.08. The Balaban J connectivity index is 1.70. The predicted octanol–water partition coefficient (Wildman–Crippen LogP) is 2.57. The fourth-order valence-corrected chi connectivity index (χ4v) is 6.00. The first-order valence-electron chi connectivity index (χ1n) is 9.40. The third-order valence-corrected chi connectivity index (χ3v) is 8.73. The van der Waals surface area contributed by atoms with Gasteiger partial charge in [0.05, 0.1) is 14.7 Å². The Labute approximate surface area is 185 Å². The topological polar surface area (TPSA) is 118 Å². The smallest absolute Gasteiger partial charge is 0.255 e. The predicted molar refractivity (Wildman–Crippen MR) is 117 cm³/mol. The van der Waals surface area contributed by atoms with Crippen molar-refractivity contribution in [2.24, 2.45) is 0 Å². The Hall–Kier alpha value is -3.34. The normalized spacial score (nSPS) is 14.5. The number of carbonyl (C=O) groups is 2. The van der Waals surface area contributed by atoms with Crippen molar-refractivity contribution in [3.63, 3.8) is 0 Å². The number of nitrogens with one attached hydrogen (secondary N) is 1. The minimum atomic E-state index is -3.98. The number of sulfonamides is 1. The summed E-state index contributed by atoms with van der Waals surface area (Å²) in [4.78, 5) is 25.2. The quantitative estimate of drug-likeness (QED) is 0.490. The van der Waals surface area contributed by atoms with Gasteiger partial charge in [-0.25, -0.2) is 21.1 Å². The van der Waals surface area contributed by atoms with Crippen LogP contribution in [0.5, 0.6) is 0 Å². The summed E-state index contributed by atoms with van der Waals surface area (Å²) in [7, 11) is -4.89. The molecule has 1 N–H and O–H groups in total. The first kappa shape index (κ1) is 21.9. The van der Waals surface area contributed by atoms with E-state index in [1.807, 2.05) is 0 Å². The molecule has 0 atom stereocenters.